The topological polar surface area (TPSA) is 24.9 Å². The Labute approximate surface area is 119 Å². The number of benzene rings is 2. The van der Waals surface area contributed by atoms with Crippen LogP contribution in [0, 0.1) is 20.8 Å². The van der Waals surface area contributed by atoms with E-state index >= 15 is 0 Å². The second-order valence-corrected chi connectivity index (χ2v) is 5.32. The van der Waals surface area contributed by atoms with Crippen molar-refractivity contribution < 1.29 is 0 Å². The average molecular weight is 262 g/mol. The van der Waals surface area contributed by atoms with Gasteiger partial charge in [-0.15, -0.1) is 0 Å². The first-order chi connectivity index (χ1) is 9.61. The van der Waals surface area contributed by atoms with Crippen LogP contribution in [0.3, 0.4) is 0 Å². The molecule has 2 aromatic carbocycles. The minimum absolute atomic E-state index is 1.02. The number of aryl methyl sites for hydroxylation is 3. The van der Waals surface area contributed by atoms with E-state index in [9.17, 15) is 0 Å². The van der Waals surface area contributed by atoms with Crippen molar-refractivity contribution in [3.05, 3.63) is 65.4 Å². The third-order valence-electron chi connectivity index (χ3n) is 3.42. The molecule has 0 unspecified atom stereocenters. The molecule has 2 nitrogen and oxygen atoms in total. The summed E-state index contributed by atoms with van der Waals surface area (Å²) in [5.41, 5.74) is 6.78. The number of hydrogen-bond acceptors (Lipinski definition) is 2. The highest BCUT2D eigenvalue weighted by molar-refractivity contribution is 5.93. The van der Waals surface area contributed by atoms with Crippen molar-refractivity contribution in [1.29, 1.82) is 0 Å². The van der Waals surface area contributed by atoms with Crippen LogP contribution in [0.2, 0.25) is 0 Å². The van der Waals surface area contributed by atoms with Gasteiger partial charge < -0.3 is 5.32 Å². The predicted octanol–water partition coefficient (Wildman–Crippen LogP) is 4.90. The zero-order valence-corrected chi connectivity index (χ0v) is 12.1. The number of anilines is 2. The normalized spacial score (nSPS) is 10.8. The van der Waals surface area contributed by atoms with E-state index < -0.39 is 0 Å². The highest BCUT2D eigenvalue weighted by Gasteiger charge is 2.05. The summed E-state index contributed by atoms with van der Waals surface area (Å²) in [5, 5.41) is 4.67. The Balaban J connectivity index is 2.10. The Morgan fingerprint density at radius 2 is 1.50 bits per heavy atom. The summed E-state index contributed by atoms with van der Waals surface area (Å²) >= 11 is 0. The van der Waals surface area contributed by atoms with Crippen molar-refractivity contribution in [3.8, 4) is 0 Å². The molecule has 0 aliphatic carbocycles. The van der Waals surface area contributed by atoms with Crippen LogP contribution < -0.4 is 5.32 Å². The Morgan fingerprint density at radius 1 is 0.800 bits per heavy atom. The molecule has 0 spiro atoms. The Kier molecular flexibility index (Phi) is 3.15. The van der Waals surface area contributed by atoms with E-state index in [1.165, 1.54) is 11.1 Å². The molecule has 0 aliphatic rings. The molecule has 100 valence electrons. The fourth-order valence-electron chi connectivity index (χ4n) is 2.37. The monoisotopic (exact) mass is 262 g/mol. The summed E-state index contributed by atoms with van der Waals surface area (Å²) in [6.45, 7) is 6.23. The standard InChI is InChI=1S/C18H18N2/c1-12-4-7-15(8-5-12)20-18-11-14(3)19-17-9-6-13(2)10-16(17)18/h4-11H,1-3H3,(H,19,20). The Bertz CT molecular complexity index is 758. The fourth-order valence-corrected chi connectivity index (χ4v) is 2.37. The lowest BCUT2D eigenvalue weighted by atomic mass is 10.1. The molecule has 0 aliphatic heterocycles. The molecule has 3 aromatic rings. The lowest BCUT2D eigenvalue weighted by molar-refractivity contribution is 1.25. The van der Waals surface area contributed by atoms with Crippen LogP contribution in [0.5, 0.6) is 0 Å². The molecule has 1 aromatic heterocycles. The number of nitrogens with zero attached hydrogens (tertiary/aromatic N) is 1. The van der Waals surface area contributed by atoms with Crippen molar-refractivity contribution in [1.82, 2.24) is 4.98 Å². The molecule has 0 saturated heterocycles. The molecular formula is C18H18N2. The molecule has 20 heavy (non-hydrogen) atoms. The average Bonchev–Trinajstić information content (AvgIpc) is 2.42. The lowest BCUT2D eigenvalue weighted by Crippen LogP contribution is -1.95. The fraction of sp³-hybridized carbons (Fsp3) is 0.167. The molecule has 1 N–H and O–H groups in total. The molecule has 0 radical (unpaired) electrons. The van der Waals surface area contributed by atoms with Crippen molar-refractivity contribution in [2.24, 2.45) is 0 Å². The van der Waals surface area contributed by atoms with Crippen LogP contribution in [-0.2, 0) is 0 Å². The zero-order chi connectivity index (χ0) is 14.1. The summed E-state index contributed by atoms with van der Waals surface area (Å²) in [4.78, 5) is 4.59. The lowest BCUT2D eigenvalue weighted by Gasteiger charge is -2.11. The highest BCUT2D eigenvalue weighted by Crippen LogP contribution is 2.27. The van der Waals surface area contributed by atoms with Crippen LogP contribution in [0.25, 0.3) is 10.9 Å². The third kappa shape index (κ3) is 2.50. The summed E-state index contributed by atoms with van der Waals surface area (Å²) in [6, 6.07) is 16.9. The van der Waals surface area contributed by atoms with Gasteiger partial charge in [0, 0.05) is 22.5 Å². The maximum atomic E-state index is 4.59. The molecule has 2 heteroatoms. The minimum Gasteiger partial charge on any atom is -0.355 e. The van der Waals surface area contributed by atoms with Gasteiger partial charge in [0.2, 0.25) is 0 Å². The predicted molar refractivity (Wildman–Crippen MR) is 85.7 cm³/mol. The number of rotatable bonds is 2. The van der Waals surface area contributed by atoms with Gasteiger partial charge in [0.15, 0.2) is 0 Å². The van der Waals surface area contributed by atoms with Gasteiger partial charge in [-0.3, -0.25) is 4.98 Å². The van der Waals surface area contributed by atoms with E-state index in [0.29, 0.717) is 0 Å². The third-order valence-corrected chi connectivity index (χ3v) is 3.42. The van der Waals surface area contributed by atoms with Gasteiger partial charge in [0.25, 0.3) is 0 Å². The molecule has 0 bridgehead atoms. The van der Waals surface area contributed by atoms with Gasteiger partial charge in [0.1, 0.15) is 0 Å². The maximum absolute atomic E-state index is 4.59. The van der Waals surface area contributed by atoms with E-state index in [0.717, 1.165) is 28.0 Å². The van der Waals surface area contributed by atoms with Gasteiger partial charge >= 0.3 is 0 Å². The first-order valence-corrected chi connectivity index (χ1v) is 6.83. The highest BCUT2D eigenvalue weighted by atomic mass is 14.9. The van der Waals surface area contributed by atoms with Gasteiger partial charge in [-0.1, -0.05) is 29.3 Å². The van der Waals surface area contributed by atoms with Crippen molar-refractivity contribution in [2.45, 2.75) is 20.8 Å². The van der Waals surface area contributed by atoms with Crippen LogP contribution in [-0.4, -0.2) is 4.98 Å². The van der Waals surface area contributed by atoms with Crippen molar-refractivity contribution in [3.63, 3.8) is 0 Å². The van der Waals surface area contributed by atoms with Crippen LogP contribution in [0.15, 0.2) is 48.5 Å². The van der Waals surface area contributed by atoms with Crippen molar-refractivity contribution >= 4 is 22.3 Å². The summed E-state index contributed by atoms with van der Waals surface area (Å²) in [5.74, 6) is 0. The van der Waals surface area contributed by atoms with Crippen LogP contribution >= 0.6 is 0 Å². The van der Waals surface area contributed by atoms with Gasteiger partial charge in [-0.2, -0.15) is 0 Å². The Hall–Kier alpha value is -2.35. The molecule has 1 heterocycles. The summed E-state index contributed by atoms with van der Waals surface area (Å²) < 4.78 is 0. The molecule has 3 rings (SSSR count). The van der Waals surface area contributed by atoms with E-state index in [-0.39, 0.29) is 0 Å². The summed E-state index contributed by atoms with van der Waals surface area (Å²) in [7, 11) is 0. The van der Waals surface area contributed by atoms with Crippen molar-refractivity contribution in [2.75, 3.05) is 5.32 Å². The smallest absolute Gasteiger partial charge is 0.0726 e. The molecular weight excluding hydrogens is 244 g/mol. The number of pyridine rings is 1. The van der Waals surface area contributed by atoms with E-state index in [1.807, 2.05) is 6.92 Å². The second-order valence-electron chi connectivity index (χ2n) is 5.32. The maximum Gasteiger partial charge on any atom is 0.0726 e. The first-order valence-electron chi connectivity index (χ1n) is 6.83. The quantitative estimate of drug-likeness (QED) is 0.710. The molecule has 0 saturated carbocycles. The molecule has 0 amide bonds. The van der Waals surface area contributed by atoms with Gasteiger partial charge in [0.05, 0.1) is 5.52 Å². The number of fused-ring (bicyclic) bond motifs is 1. The van der Waals surface area contributed by atoms with Crippen LogP contribution in [0.1, 0.15) is 16.8 Å². The second kappa shape index (κ2) is 4.97. The number of aromatic nitrogens is 1. The number of hydrogen-bond donors (Lipinski definition) is 1. The molecule has 0 fully saturated rings. The van der Waals surface area contributed by atoms with E-state index in [2.05, 4.69) is 72.7 Å². The summed E-state index contributed by atoms with van der Waals surface area (Å²) in [6.07, 6.45) is 0. The van der Waals surface area contributed by atoms with Gasteiger partial charge in [-0.25, -0.2) is 0 Å². The SMILES string of the molecule is Cc1ccc(Nc2cc(C)nc3ccc(C)cc23)cc1. The van der Waals surface area contributed by atoms with E-state index in [4.69, 9.17) is 0 Å². The van der Waals surface area contributed by atoms with E-state index in [1.54, 1.807) is 0 Å². The van der Waals surface area contributed by atoms with Crippen LogP contribution in [0.4, 0.5) is 11.4 Å². The molecule has 0 atom stereocenters. The largest absolute Gasteiger partial charge is 0.355 e. The Morgan fingerprint density at radius 3 is 2.25 bits per heavy atom. The number of nitrogens with one attached hydrogen (secondary N) is 1. The minimum atomic E-state index is 1.02. The zero-order valence-electron chi connectivity index (χ0n) is 12.1. The van der Waals surface area contributed by atoms with Gasteiger partial charge in [-0.05, 0) is 51.1 Å². The first kappa shape index (κ1) is 12.7.